The normalized spacial score (nSPS) is 18.2. The third kappa shape index (κ3) is 4.34. The maximum absolute atomic E-state index is 12.4. The number of rotatable bonds is 2. The molecule has 1 fully saturated rings. The van der Waals surface area contributed by atoms with Crippen LogP contribution in [0.1, 0.15) is 35.2 Å². The Labute approximate surface area is 126 Å². The van der Waals surface area contributed by atoms with Crippen molar-refractivity contribution < 1.29 is 4.79 Å². The molecule has 1 atom stereocenters. The number of halogens is 2. The molecule has 1 aromatic rings. The zero-order chi connectivity index (χ0) is 12.3. The molecule has 2 heterocycles. The lowest BCUT2D eigenvalue weighted by molar-refractivity contribution is 0.0623. The highest BCUT2D eigenvalue weighted by molar-refractivity contribution is 5.94. The first-order valence-corrected chi connectivity index (χ1v) is 6.15. The van der Waals surface area contributed by atoms with Gasteiger partial charge >= 0.3 is 0 Å². The van der Waals surface area contributed by atoms with Crippen molar-refractivity contribution in [3.05, 3.63) is 29.6 Å². The van der Waals surface area contributed by atoms with Crippen molar-refractivity contribution in [2.45, 2.75) is 32.2 Å². The molecule has 0 spiro atoms. The summed E-state index contributed by atoms with van der Waals surface area (Å²) in [5.74, 6) is 0.0661. The Hall–Kier alpha value is -0.840. The molecule has 0 aliphatic carbocycles. The average Bonchev–Trinajstić information content (AvgIpc) is 2.38. The number of amides is 1. The van der Waals surface area contributed by atoms with Gasteiger partial charge in [0.1, 0.15) is 0 Å². The zero-order valence-electron chi connectivity index (χ0n) is 11.0. The maximum atomic E-state index is 12.4. The molecular weight excluding hydrogens is 285 g/mol. The molecule has 6 heteroatoms. The number of carbonyl (C=O) groups excluding carboxylic acids is 1. The molecule has 1 aliphatic rings. The molecule has 1 amide bonds. The molecule has 19 heavy (non-hydrogen) atoms. The molecule has 2 N–H and O–H groups in total. The highest BCUT2D eigenvalue weighted by Crippen LogP contribution is 2.19. The van der Waals surface area contributed by atoms with Gasteiger partial charge in [0.15, 0.2) is 0 Å². The predicted octanol–water partition coefficient (Wildman–Crippen LogP) is 2.19. The molecule has 1 saturated heterocycles. The fourth-order valence-electron chi connectivity index (χ4n) is 2.35. The van der Waals surface area contributed by atoms with Crippen molar-refractivity contribution in [2.75, 3.05) is 13.1 Å². The number of nitrogens with two attached hydrogens (primary N) is 1. The standard InChI is InChI=1S/C13H19N3O.2ClH/c1-10-6-11(9-15-8-10)13(17)16-5-3-2-4-12(16)7-14;;/h6,8-9,12H,2-5,7,14H2,1H3;2*1H. The number of hydrogen-bond acceptors (Lipinski definition) is 3. The Kier molecular flexibility index (Phi) is 7.99. The van der Waals surface area contributed by atoms with Crippen LogP contribution < -0.4 is 5.73 Å². The third-order valence-electron chi connectivity index (χ3n) is 3.28. The van der Waals surface area contributed by atoms with Crippen molar-refractivity contribution in [3.63, 3.8) is 0 Å². The van der Waals surface area contributed by atoms with Crippen molar-refractivity contribution >= 4 is 30.7 Å². The number of likely N-dealkylation sites (tertiary alicyclic amines) is 1. The summed E-state index contributed by atoms with van der Waals surface area (Å²) in [5.41, 5.74) is 7.41. The predicted molar refractivity (Wildman–Crippen MR) is 81.2 cm³/mol. The lowest BCUT2D eigenvalue weighted by Gasteiger charge is -2.35. The van der Waals surface area contributed by atoms with E-state index < -0.39 is 0 Å². The number of pyridine rings is 1. The number of carbonyl (C=O) groups is 1. The first kappa shape index (κ1) is 18.2. The fraction of sp³-hybridized carbons (Fsp3) is 0.538. The van der Waals surface area contributed by atoms with Gasteiger partial charge in [-0.1, -0.05) is 0 Å². The van der Waals surface area contributed by atoms with Gasteiger partial charge in [-0.25, -0.2) is 0 Å². The zero-order valence-corrected chi connectivity index (χ0v) is 12.7. The summed E-state index contributed by atoms with van der Waals surface area (Å²) in [6.45, 7) is 3.31. The van der Waals surface area contributed by atoms with Crippen LogP contribution in [0.3, 0.4) is 0 Å². The number of aromatic nitrogens is 1. The van der Waals surface area contributed by atoms with Gasteiger partial charge in [-0.05, 0) is 37.8 Å². The fourth-order valence-corrected chi connectivity index (χ4v) is 2.35. The summed E-state index contributed by atoms with van der Waals surface area (Å²) in [7, 11) is 0. The maximum Gasteiger partial charge on any atom is 0.255 e. The quantitative estimate of drug-likeness (QED) is 0.911. The second-order valence-corrected chi connectivity index (χ2v) is 4.63. The van der Waals surface area contributed by atoms with E-state index in [4.69, 9.17) is 5.73 Å². The van der Waals surface area contributed by atoms with Crippen LogP contribution in [0.2, 0.25) is 0 Å². The largest absolute Gasteiger partial charge is 0.334 e. The van der Waals surface area contributed by atoms with Crippen molar-refractivity contribution in [3.8, 4) is 0 Å². The molecule has 108 valence electrons. The second-order valence-electron chi connectivity index (χ2n) is 4.63. The van der Waals surface area contributed by atoms with E-state index in [1.54, 1.807) is 12.4 Å². The van der Waals surface area contributed by atoms with E-state index in [1.807, 2.05) is 17.9 Å². The lowest BCUT2D eigenvalue weighted by Crippen LogP contribution is -2.47. The van der Waals surface area contributed by atoms with Crippen molar-refractivity contribution in [1.82, 2.24) is 9.88 Å². The summed E-state index contributed by atoms with van der Waals surface area (Å²) in [6.07, 6.45) is 6.64. The van der Waals surface area contributed by atoms with E-state index in [9.17, 15) is 4.79 Å². The van der Waals surface area contributed by atoms with Crippen LogP contribution in [0.25, 0.3) is 0 Å². The van der Waals surface area contributed by atoms with Crippen LogP contribution in [-0.4, -0.2) is 34.9 Å². The van der Waals surface area contributed by atoms with Gasteiger partial charge in [0.2, 0.25) is 0 Å². The van der Waals surface area contributed by atoms with Gasteiger partial charge in [0.05, 0.1) is 5.56 Å². The minimum atomic E-state index is 0. The van der Waals surface area contributed by atoms with Crippen LogP contribution >= 0.6 is 24.8 Å². The minimum absolute atomic E-state index is 0. The van der Waals surface area contributed by atoms with Gasteiger partial charge in [-0.2, -0.15) is 0 Å². The molecule has 0 bridgehead atoms. The molecule has 0 aromatic carbocycles. The van der Waals surface area contributed by atoms with Crippen LogP contribution in [0, 0.1) is 6.92 Å². The van der Waals surface area contributed by atoms with E-state index in [0.29, 0.717) is 12.1 Å². The number of nitrogens with zero attached hydrogens (tertiary/aromatic N) is 2. The molecule has 1 aliphatic heterocycles. The Morgan fingerprint density at radius 2 is 2.16 bits per heavy atom. The Morgan fingerprint density at radius 3 is 2.79 bits per heavy atom. The Morgan fingerprint density at radius 1 is 1.42 bits per heavy atom. The smallest absolute Gasteiger partial charge is 0.255 e. The third-order valence-corrected chi connectivity index (χ3v) is 3.28. The van der Waals surface area contributed by atoms with E-state index in [1.165, 1.54) is 0 Å². The van der Waals surface area contributed by atoms with Gasteiger partial charge in [-0.15, -0.1) is 24.8 Å². The van der Waals surface area contributed by atoms with E-state index in [0.717, 1.165) is 31.4 Å². The van der Waals surface area contributed by atoms with Crippen molar-refractivity contribution in [2.24, 2.45) is 5.73 Å². The molecule has 0 saturated carbocycles. The molecule has 1 aromatic heterocycles. The van der Waals surface area contributed by atoms with Crippen LogP contribution in [0.4, 0.5) is 0 Å². The lowest BCUT2D eigenvalue weighted by atomic mass is 10.0. The Balaban J connectivity index is 0.00000162. The Bertz CT molecular complexity index is 415. The van der Waals surface area contributed by atoms with Crippen molar-refractivity contribution in [1.29, 1.82) is 0 Å². The van der Waals surface area contributed by atoms with Crippen LogP contribution in [0.15, 0.2) is 18.5 Å². The van der Waals surface area contributed by atoms with Gasteiger partial charge < -0.3 is 10.6 Å². The number of aryl methyl sites for hydroxylation is 1. The first-order chi connectivity index (χ1) is 8.22. The highest BCUT2D eigenvalue weighted by atomic mass is 35.5. The first-order valence-electron chi connectivity index (χ1n) is 6.15. The highest BCUT2D eigenvalue weighted by Gasteiger charge is 2.26. The average molecular weight is 306 g/mol. The summed E-state index contributed by atoms with van der Waals surface area (Å²) in [5, 5.41) is 0. The molecule has 2 rings (SSSR count). The summed E-state index contributed by atoms with van der Waals surface area (Å²) in [4.78, 5) is 18.3. The van der Waals surface area contributed by atoms with Gasteiger partial charge in [0.25, 0.3) is 5.91 Å². The van der Waals surface area contributed by atoms with E-state index in [2.05, 4.69) is 4.98 Å². The molecule has 0 radical (unpaired) electrons. The monoisotopic (exact) mass is 305 g/mol. The number of piperidine rings is 1. The molecular formula is C13H21Cl2N3O. The van der Waals surface area contributed by atoms with Crippen LogP contribution in [0.5, 0.6) is 0 Å². The minimum Gasteiger partial charge on any atom is -0.334 e. The summed E-state index contributed by atoms with van der Waals surface area (Å²) in [6, 6.07) is 2.08. The second kappa shape index (κ2) is 8.35. The van der Waals surface area contributed by atoms with Crippen LogP contribution in [-0.2, 0) is 0 Å². The van der Waals surface area contributed by atoms with E-state index >= 15 is 0 Å². The SMILES string of the molecule is Cc1cncc(C(=O)N2CCCCC2CN)c1.Cl.Cl. The number of hydrogen-bond donors (Lipinski definition) is 1. The molecule has 1 unspecified atom stereocenters. The molecule has 4 nitrogen and oxygen atoms in total. The van der Waals surface area contributed by atoms with E-state index in [-0.39, 0.29) is 36.8 Å². The summed E-state index contributed by atoms with van der Waals surface area (Å²) >= 11 is 0. The summed E-state index contributed by atoms with van der Waals surface area (Å²) < 4.78 is 0. The van der Waals surface area contributed by atoms with Gasteiger partial charge in [-0.3, -0.25) is 9.78 Å². The topological polar surface area (TPSA) is 59.2 Å². The van der Waals surface area contributed by atoms with Gasteiger partial charge in [0, 0.05) is 31.5 Å².